The highest BCUT2D eigenvalue weighted by atomic mass is 19.1. The molecule has 4 aliphatic heterocycles. The van der Waals surface area contributed by atoms with E-state index in [1.807, 2.05) is 122 Å². The van der Waals surface area contributed by atoms with Crippen LogP contribution in [0.3, 0.4) is 0 Å². The van der Waals surface area contributed by atoms with Crippen LogP contribution in [-0.2, 0) is 36.6 Å². The van der Waals surface area contributed by atoms with Crippen LogP contribution >= 0.6 is 0 Å². The second-order valence-electron chi connectivity index (χ2n) is 22.2. The Morgan fingerprint density at radius 1 is 0.494 bits per heavy atom. The molecule has 4 amide bonds. The highest BCUT2D eigenvalue weighted by molar-refractivity contribution is 6.03. The molecule has 0 radical (unpaired) electrons. The highest BCUT2D eigenvalue weighted by Crippen LogP contribution is 2.46. The Kier molecular flexibility index (Phi) is 15.4. The summed E-state index contributed by atoms with van der Waals surface area (Å²) in [4.78, 5) is 75.6. The third-order valence-corrected chi connectivity index (χ3v) is 17.3. The molecule has 4 fully saturated rings. The number of nitrogens with zero attached hydrogens (tertiary/aromatic N) is 5. The van der Waals surface area contributed by atoms with Crippen LogP contribution in [0.2, 0.25) is 0 Å². The zero-order valence-corrected chi connectivity index (χ0v) is 44.8. The summed E-state index contributed by atoms with van der Waals surface area (Å²) in [5.74, 6) is -2.76. The minimum Gasteiger partial charge on any atom is -0.348 e. The first-order valence-corrected chi connectivity index (χ1v) is 27.9. The fourth-order valence-corrected chi connectivity index (χ4v) is 13.5. The van der Waals surface area contributed by atoms with E-state index in [2.05, 4.69) is 51.5 Å². The van der Waals surface area contributed by atoms with E-state index < -0.39 is 57.8 Å². The number of hydrogen-bond acceptors (Lipinski definition) is 6. The van der Waals surface area contributed by atoms with Gasteiger partial charge in [0.2, 0.25) is 23.6 Å². The largest absolute Gasteiger partial charge is 0.348 e. The van der Waals surface area contributed by atoms with E-state index in [1.54, 1.807) is 39.0 Å². The van der Waals surface area contributed by atoms with Crippen LogP contribution in [0.5, 0.6) is 0 Å². The number of carbonyl (C=O) groups excluding carboxylic acids is 4. The van der Waals surface area contributed by atoms with Crippen LogP contribution in [0.4, 0.5) is 8.78 Å². The van der Waals surface area contributed by atoms with Crippen molar-refractivity contribution < 1.29 is 28.0 Å². The predicted octanol–water partition coefficient (Wildman–Crippen LogP) is 9.93. The zero-order chi connectivity index (χ0) is 54.6. The van der Waals surface area contributed by atoms with E-state index in [-0.39, 0.29) is 44.5 Å². The molecule has 4 saturated heterocycles. The minimum atomic E-state index is -1.52. The van der Waals surface area contributed by atoms with Crippen LogP contribution in [0.15, 0.2) is 200 Å². The van der Waals surface area contributed by atoms with E-state index in [0.717, 1.165) is 27.8 Å². The average Bonchev–Trinajstić information content (AvgIpc) is 4.02. The maximum absolute atomic E-state index is 16.6. The predicted molar refractivity (Wildman–Crippen MR) is 302 cm³/mol. The number of carbonyl (C=O) groups is 4. The molecule has 0 aromatic heterocycles. The van der Waals surface area contributed by atoms with Crippen molar-refractivity contribution in [3.05, 3.63) is 251 Å². The number of nitrogens with one attached hydrogen (secondary N) is 1. The van der Waals surface area contributed by atoms with Gasteiger partial charge in [0.05, 0.1) is 22.4 Å². The second kappa shape index (κ2) is 22.9. The van der Waals surface area contributed by atoms with Crippen LogP contribution in [0.1, 0.15) is 84.0 Å². The van der Waals surface area contributed by atoms with Gasteiger partial charge in [-0.25, -0.2) is 8.78 Å². The molecule has 3 unspecified atom stereocenters. The highest BCUT2D eigenvalue weighted by Gasteiger charge is 2.58. The summed E-state index contributed by atoms with van der Waals surface area (Å²) in [5, 5.41) is 3.47. The topological polar surface area (TPSA) is 96.5 Å². The number of benzene rings is 7. The third kappa shape index (κ3) is 10.5. The van der Waals surface area contributed by atoms with E-state index in [9.17, 15) is 8.78 Å². The standard InChI is InChI=1S/C67H68F2N6O4/c1-65(39-42-71(48-65)47-49-19-7-2-8-20-49)70-61(76)59(74-40-17-37-66(63(74)78,52-25-13-5-14-26-52)53-27-15-6-16-28-53)60(62(77)73-45-43-72(44-46-73)58(50-21-9-3-10-22-50)51-23-11-4-12-24-51)75-41-18-38-67(64(75)79,54-29-33-56(68)34-30-54)55-31-35-57(69)36-32-55/h2-16,19-36,58-60H,17-18,37-48H2,1H3,(H,70,76). The molecule has 11 rings (SSSR count). The zero-order valence-electron chi connectivity index (χ0n) is 44.8. The molecule has 3 atom stereocenters. The van der Waals surface area contributed by atoms with Gasteiger partial charge < -0.3 is 20.0 Å². The van der Waals surface area contributed by atoms with Gasteiger partial charge in [0.1, 0.15) is 23.7 Å². The fourth-order valence-electron chi connectivity index (χ4n) is 13.5. The molecule has 10 nitrogen and oxygen atoms in total. The monoisotopic (exact) mass is 1060 g/mol. The van der Waals surface area contributed by atoms with Crippen molar-refractivity contribution in [3.8, 4) is 0 Å². The quantitative estimate of drug-likeness (QED) is 0.110. The normalized spacial score (nSPS) is 20.5. The van der Waals surface area contributed by atoms with Crippen LogP contribution < -0.4 is 5.32 Å². The number of hydrogen-bond donors (Lipinski definition) is 1. The minimum absolute atomic E-state index is 0.0832. The smallest absolute Gasteiger partial charge is 0.248 e. The van der Waals surface area contributed by atoms with Gasteiger partial charge >= 0.3 is 0 Å². The lowest BCUT2D eigenvalue weighted by Crippen LogP contribution is -2.72. The molecule has 7 aromatic rings. The Balaban J connectivity index is 1.05. The van der Waals surface area contributed by atoms with Crippen LogP contribution in [0.25, 0.3) is 0 Å². The van der Waals surface area contributed by atoms with Gasteiger partial charge in [0.15, 0.2) is 0 Å². The molecule has 4 heterocycles. The summed E-state index contributed by atoms with van der Waals surface area (Å²) < 4.78 is 29.8. The molecule has 0 spiro atoms. The lowest BCUT2D eigenvalue weighted by molar-refractivity contribution is -0.163. The number of piperidine rings is 2. The molecule has 12 heteroatoms. The van der Waals surface area contributed by atoms with Gasteiger partial charge in [-0.3, -0.25) is 29.0 Å². The van der Waals surface area contributed by atoms with Crippen LogP contribution in [-0.4, -0.2) is 118 Å². The Hall–Kier alpha value is -7.80. The number of rotatable bonds is 15. The van der Waals surface area contributed by atoms with Crippen molar-refractivity contribution in [2.24, 2.45) is 0 Å². The molecular formula is C67H68F2N6O4. The molecule has 79 heavy (non-hydrogen) atoms. The van der Waals surface area contributed by atoms with Crippen molar-refractivity contribution >= 4 is 23.6 Å². The summed E-state index contributed by atoms with van der Waals surface area (Å²) in [5.41, 5.74) is 2.31. The number of amides is 4. The molecule has 0 saturated carbocycles. The molecule has 0 aliphatic carbocycles. The molecule has 7 aromatic carbocycles. The van der Waals surface area contributed by atoms with Gasteiger partial charge in [0, 0.05) is 58.9 Å². The Labute approximate surface area is 462 Å². The summed E-state index contributed by atoms with van der Waals surface area (Å²) in [6, 6.07) is 58.6. The van der Waals surface area contributed by atoms with E-state index in [4.69, 9.17) is 0 Å². The van der Waals surface area contributed by atoms with Crippen molar-refractivity contribution in [1.82, 2.24) is 29.8 Å². The third-order valence-electron chi connectivity index (χ3n) is 17.3. The van der Waals surface area contributed by atoms with Crippen molar-refractivity contribution in [1.29, 1.82) is 0 Å². The first kappa shape index (κ1) is 53.2. The lowest BCUT2D eigenvalue weighted by atomic mass is 9.67. The molecule has 0 bridgehead atoms. The number of halogens is 2. The van der Waals surface area contributed by atoms with Gasteiger partial charge in [0.25, 0.3) is 0 Å². The van der Waals surface area contributed by atoms with Gasteiger partial charge in [-0.2, -0.15) is 0 Å². The summed E-state index contributed by atoms with van der Waals surface area (Å²) in [6.45, 7) is 5.66. The summed E-state index contributed by atoms with van der Waals surface area (Å²) >= 11 is 0. The summed E-state index contributed by atoms with van der Waals surface area (Å²) in [6.07, 6.45) is 2.18. The molecule has 1 N–H and O–H groups in total. The lowest BCUT2D eigenvalue weighted by Gasteiger charge is -2.52. The SMILES string of the molecule is CC1(NC(=O)C(C(C(=O)N2CCN(C(c3ccccc3)c3ccccc3)CC2)N2CCCC(c3ccc(F)cc3)(c3ccc(F)cc3)C2=O)N2CCCC(c3ccccc3)(c3ccccc3)C2=O)CCN(Cc2ccccc2)C1. The first-order chi connectivity index (χ1) is 38.5. The first-order valence-electron chi connectivity index (χ1n) is 27.9. The molecular weight excluding hydrogens is 991 g/mol. The van der Waals surface area contributed by atoms with Crippen molar-refractivity contribution in [2.75, 3.05) is 52.4 Å². The van der Waals surface area contributed by atoms with E-state index in [0.29, 0.717) is 69.5 Å². The van der Waals surface area contributed by atoms with Crippen molar-refractivity contribution in [2.45, 2.75) is 80.1 Å². The molecule has 4 aliphatic rings. The Morgan fingerprint density at radius 3 is 1.38 bits per heavy atom. The maximum atomic E-state index is 16.6. The van der Waals surface area contributed by atoms with Gasteiger partial charge in [-0.15, -0.1) is 0 Å². The van der Waals surface area contributed by atoms with Crippen molar-refractivity contribution in [3.63, 3.8) is 0 Å². The van der Waals surface area contributed by atoms with Gasteiger partial charge in [-0.05, 0) is 102 Å². The molecule has 404 valence electrons. The second-order valence-corrected chi connectivity index (χ2v) is 22.2. The Morgan fingerprint density at radius 2 is 0.911 bits per heavy atom. The number of likely N-dealkylation sites (tertiary alicyclic amines) is 3. The number of piperazine rings is 1. The fraction of sp³-hybridized carbons (Fsp3) is 0.313. The maximum Gasteiger partial charge on any atom is 0.248 e. The Bertz CT molecular complexity index is 3100. The van der Waals surface area contributed by atoms with E-state index >= 15 is 19.2 Å². The summed E-state index contributed by atoms with van der Waals surface area (Å²) in [7, 11) is 0. The van der Waals surface area contributed by atoms with Gasteiger partial charge in [-0.1, -0.05) is 176 Å². The average molecular weight is 1060 g/mol. The van der Waals surface area contributed by atoms with Crippen LogP contribution in [0, 0.1) is 11.6 Å². The van der Waals surface area contributed by atoms with E-state index in [1.165, 1.54) is 24.3 Å².